The number of rotatable bonds is 6. The summed E-state index contributed by atoms with van der Waals surface area (Å²) in [5, 5.41) is 4.75. The third kappa shape index (κ3) is 4.43. The predicted octanol–water partition coefficient (Wildman–Crippen LogP) is 2.64. The molecule has 1 heterocycles. The predicted molar refractivity (Wildman–Crippen MR) is 78.9 cm³/mol. The quantitative estimate of drug-likeness (QED) is 0.887. The SMILES string of the molecule is CN(CC(=O)NCc1ccccc1F)Cc1cccs1. The standard InChI is InChI=1S/C15H17FN2OS/c1-18(10-13-6-4-8-20-13)11-15(19)17-9-12-5-2-3-7-14(12)16/h2-8H,9-11H2,1H3,(H,17,19). The van der Waals surface area contributed by atoms with Gasteiger partial charge in [-0.05, 0) is 24.6 Å². The monoisotopic (exact) mass is 292 g/mol. The number of halogens is 1. The Bertz CT molecular complexity index is 557. The lowest BCUT2D eigenvalue weighted by molar-refractivity contribution is -0.122. The normalized spacial score (nSPS) is 10.8. The van der Waals surface area contributed by atoms with Gasteiger partial charge in [0.1, 0.15) is 5.82 Å². The lowest BCUT2D eigenvalue weighted by Crippen LogP contribution is -2.34. The summed E-state index contributed by atoms with van der Waals surface area (Å²) in [4.78, 5) is 14.9. The van der Waals surface area contributed by atoms with Crippen LogP contribution in [0.1, 0.15) is 10.4 Å². The lowest BCUT2D eigenvalue weighted by atomic mass is 10.2. The summed E-state index contributed by atoms with van der Waals surface area (Å²) in [6.07, 6.45) is 0. The van der Waals surface area contributed by atoms with Gasteiger partial charge in [0, 0.05) is 23.5 Å². The van der Waals surface area contributed by atoms with E-state index in [4.69, 9.17) is 0 Å². The highest BCUT2D eigenvalue weighted by molar-refractivity contribution is 7.09. The van der Waals surface area contributed by atoms with Crippen molar-refractivity contribution in [3.8, 4) is 0 Å². The number of carbonyl (C=O) groups is 1. The average molecular weight is 292 g/mol. The van der Waals surface area contributed by atoms with Crippen molar-refractivity contribution >= 4 is 17.2 Å². The van der Waals surface area contributed by atoms with Gasteiger partial charge in [0.05, 0.1) is 6.54 Å². The van der Waals surface area contributed by atoms with Crippen molar-refractivity contribution in [2.45, 2.75) is 13.1 Å². The van der Waals surface area contributed by atoms with E-state index >= 15 is 0 Å². The third-order valence-corrected chi connectivity index (χ3v) is 3.71. The number of hydrogen-bond acceptors (Lipinski definition) is 3. The maximum absolute atomic E-state index is 13.4. The van der Waals surface area contributed by atoms with E-state index in [9.17, 15) is 9.18 Å². The van der Waals surface area contributed by atoms with Crippen molar-refractivity contribution < 1.29 is 9.18 Å². The minimum Gasteiger partial charge on any atom is -0.351 e. The van der Waals surface area contributed by atoms with Crippen molar-refractivity contribution in [1.29, 1.82) is 0 Å². The average Bonchev–Trinajstić information content (AvgIpc) is 2.90. The topological polar surface area (TPSA) is 32.3 Å². The zero-order valence-electron chi connectivity index (χ0n) is 11.3. The van der Waals surface area contributed by atoms with Crippen molar-refractivity contribution in [3.05, 3.63) is 58.0 Å². The molecule has 2 rings (SSSR count). The Morgan fingerprint density at radius 3 is 2.80 bits per heavy atom. The van der Waals surface area contributed by atoms with Gasteiger partial charge in [0.25, 0.3) is 0 Å². The van der Waals surface area contributed by atoms with E-state index in [2.05, 4.69) is 5.32 Å². The summed E-state index contributed by atoms with van der Waals surface area (Å²) in [7, 11) is 1.89. The zero-order valence-corrected chi connectivity index (χ0v) is 12.1. The van der Waals surface area contributed by atoms with E-state index in [1.54, 1.807) is 29.5 Å². The summed E-state index contributed by atoms with van der Waals surface area (Å²) in [5.74, 6) is -0.396. The number of hydrogen-bond donors (Lipinski definition) is 1. The van der Waals surface area contributed by atoms with Gasteiger partial charge >= 0.3 is 0 Å². The molecule has 0 radical (unpaired) electrons. The largest absolute Gasteiger partial charge is 0.351 e. The van der Waals surface area contributed by atoms with Gasteiger partial charge in [0.15, 0.2) is 0 Å². The highest BCUT2D eigenvalue weighted by Crippen LogP contribution is 2.10. The molecular weight excluding hydrogens is 275 g/mol. The molecule has 3 nitrogen and oxygen atoms in total. The molecule has 5 heteroatoms. The molecule has 0 unspecified atom stereocenters. The Hall–Kier alpha value is -1.72. The molecule has 1 aromatic heterocycles. The summed E-state index contributed by atoms with van der Waals surface area (Å²) in [6.45, 7) is 1.26. The lowest BCUT2D eigenvalue weighted by Gasteiger charge is -2.15. The van der Waals surface area contributed by atoms with Crippen LogP contribution in [0.25, 0.3) is 0 Å². The minimum atomic E-state index is -0.292. The highest BCUT2D eigenvalue weighted by Gasteiger charge is 2.08. The maximum atomic E-state index is 13.4. The van der Waals surface area contributed by atoms with Gasteiger partial charge in [-0.2, -0.15) is 0 Å². The fourth-order valence-corrected chi connectivity index (χ4v) is 2.65. The van der Waals surface area contributed by atoms with Crippen LogP contribution in [0.4, 0.5) is 4.39 Å². The van der Waals surface area contributed by atoms with Crippen LogP contribution in [-0.4, -0.2) is 24.4 Å². The van der Waals surface area contributed by atoms with Crippen LogP contribution in [0.5, 0.6) is 0 Å². The smallest absolute Gasteiger partial charge is 0.234 e. The van der Waals surface area contributed by atoms with Crippen molar-refractivity contribution in [2.24, 2.45) is 0 Å². The Balaban J connectivity index is 1.76. The fourth-order valence-electron chi connectivity index (χ4n) is 1.86. The van der Waals surface area contributed by atoms with E-state index in [0.717, 1.165) is 6.54 Å². The Labute approximate surface area is 122 Å². The van der Waals surface area contributed by atoms with E-state index in [-0.39, 0.29) is 18.3 Å². The first kappa shape index (κ1) is 14.7. The van der Waals surface area contributed by atoms with Crippen LogP contribution in [0, 0.1) is 5.82 Å². The molecule has 1 amide bonds. The van der Waals surface area contributed by atoms with Gasteiger partial charge in [-0.15, -0.1) is 11.3 Å². The van der Waals surface area contributed by atoms with E-state index in [1.807, 2.05) is 29.5 Å². The second-order valence-corrected chi connectivity index (χ2v) is 5.65. The Kier molecular flexibility index (Phi) is 5.26. The molecule has 0 saturated carbocycles. The molecule has 0 saturated heterocycles. The van der Waals surface area contributed by atoms with Gasteiger partial charge in [0.2, 0.25) is 5.91 Å². The maximum Gasteiger partial charge on any atom is 0.234 e. The van der Waals surface area contributed by atoms with Crippen LogP contribution in [0.15, 0.2) is 41.8 Å². The second-order valence-electron chi connectivity index (χ2n) is 4.62. The van der Waals surface area contributed by atoms with Crippen LogP contribution in [0.3, 0.4) is 0 Å². The van der Waals surface area contributed by atoms with Crippen molar-refractivity contribution in [2.75, 3.05) is 13.6 Å². The number of nitrogens with zero attached hydrogens (tertiary/aromatic N) is 1. The number of thiophene rings is 1. The first-order valence-electron chi connectivity index (χ1n) is 6.36. The molecule has 0 bridgehead atoms. The first-order chi connectivity index (χ1) is 9.65. The molecule has 20 heavy (non-hydrogen) atoms. The molecule has 0 fully saturated rings. The molecule has 0 aliphatic rings. The second kappa shape index (κ2) is 7.17. The van der Waals surface area contributed by atoms with Gasteiger partial charge in [-0.3, -0.25) is 9.69 Å². The molecule has 0 aliphatic heterocycles. The van der Waals surface area contributed by atoms with E-state index in [0.29, 0.717) is 12.1 Å². The molecule has 1 N–H and O–H groups in total. The highest BCUT2D eigenvalue weighted by atomic mass is 32.1. The molecule has 106 valence electrons. The van der Waals surface area contributed by atoms with Crippen molar-refractivity contribution in [3.63, 3.8) is 0 Å². The van der Waals surface area contributed by atoms with Crippen LogP contribution in [-0.2, 0) is 17.9 Å². The third-order valence-electron chi connectivity index (χ3n) is 2.85. The van der Waals surface area contributed by atoms with Crippen molar-refractivity contribution in [1.82, 2.24) is 10.2 Å². The summed E-state index contributed by atoms with van der Waals surface area (Å²) < 4.78 is 13.4. The van der Waals surface area contributed by atoms with Crippen LogP contribution < -0.4 is 5.32 Å². The first-order valence-corrected chi connectivity index (χ1v) is 7.24. The zero-order chi connectivity index (χ0) is 14.4. The summed E-state index contributed by atoms with van der Waals surface area (Å²) in [6, 6.07) is 10.5. The Morgan fingerprint density at radius 2 is 2.10 bits per heavy atom. The molecule has 0 aliphatic carbocycles. The van der Waals surface area contributed by atoms with Crippen LogP contribution in [0.2, 0.25) is 0 Å². The summed E-state index contributed by atoms with van der Waals surface area (Å²) >= 11 is 1.67. The fraction of sp³-hybridized carbons (Fsp3) is 0.267. The van der Waals surface area contributed by atoms with E-state index in [1.165, 1.54) is 10.9 Å². The van der Waals surface area contributed by atoms with Crippen LogP contribution >= 0.6 is 11.3 Å². The minimum absolute atomic E-state index is 0.104. The molecule has 1 aromatic carbocycles. The van der Waals surface area contributed by atoms with Gasteiger partial charge in [-0.25, -0.2) is 4.39 Å². The molecular formula is C15H17FN2OS. The van der Waals surface area contributed by atoms with Gasteiger partial charge in [-0.1, -0.05) is 24.3 Å². The molecule has 0 spiro atoms. The molecule has 2 aromatic rings. The van der Waals surface area contributed by atoms with E-state index < -0.39 is 0 Å². The molecule has 0 atom stereocenters. The number of benzene rings is 1. The summed E-state index contributed by atoms with van der Waals surface area (Å²) in [5.41, 5.74) is 0.502. The number of nitrogens with one attached hydrogen (secondary N) is 1. The number of amides is 1. The number of carbonyl (C=O) groups excluding carboxylic acids is 1. The van der Waals surface area contributed by atoms with Gasteiger partial charge < -0.3 is 5.32 Å². The Morgan fingerprint density at radius 1 is 1.30 bits per heavy atom. The number of likely N-dealkylation sites (N-methyl/N-ethyl adjacent to an activating group) is 1.